The number of fused-ring (bicyclic) bond motifs is 8. The molecule has 6 nitrogen and oxygen atoms in total. The molecule has 5 heterocycles. The maximum atomic E-state index is 5.27. The van der Waals surface area contributed by atoms with Crippen LogP contribution in [0.2, 0.25) is 0 Å². The third-order valence-electron chi connectivity index (χ3n) is 13.4. The van der Waals surface area contributed by atoms with Gasteiger partial charge in [0, 0.05) is 61.4 Å². The number of hydrogen-bond donors (Lipinski definition) is 0. The van der Waals surface area contributed by atoms with Crippen LogP contribution in [-0.4, -0.2) is 29.5 Å². The average Bonchev–Trinajstić information content (AvgIpc) is 3.98. The van der Waals surface area contributed by atoms with Crippen LogP contribution < -0.4 is 0 Å². The van der Waals surface area contributed by atoms with Gasteiger partial charge >= 0.3 is 0 Å². The van der Waals surface area contributed by atoms with Crippen LogP contribution in [0.1, 0.15) is 0 Å². The molecule has 0 aliphatic heterocycles. The number of para-hydroxylation sites is 2. The molecule has 0 saturated carbocycles. The SMILES string of the molecule is c1ccc(-c2nc(-c3ccc(-c4cnc5sc6c(-c7ccc8cc9ccccc9cc8c7)nc(-c7ccccc7)nc6c5c4)cc3)cc(-c3cccc(-n4c5ccccc5c5ccccc54)c3)n2)cc1. The molecule has 0 spiro atoms. The molecule has 70 heavy (non-hydrogen) atoms. The summed E-state index contributed by atoms with van der Waals surface area (Å²) in [4.78, 5) is 26.9. The Morgan fingerprint density at radius 2 is 0.914 bits per heavy atom. The van der Waals surface area contributed by atoms with E-state index in [1.807, 2.05) is 42.6 Å². The smallest absolute Gasteiger partial charge is 0.160 e. The minimum atomic E-state index is 0.673. The van der Waals surface area contributed by atoms with Gasteiger partial charge in [-0.25, -0.2) is 24.9 Å². The Labute approximate surface area is 406 Å². The summed E-state index contributed by atoms with van der Waals surface area (Å²) in [6.45, 7) is 0. The minimum absolute atomic E-state index is 0.673. The normalized spacial score (nSPS) is 11.7. The second kappa shape index (κ2) is 16.3. The van der Waals surface area contributed by atoms with E-state index < -0.39 is 0 Å². The lowest BCUT2D eigenvalue weighted by Crippen LogP contribution is -1.98. The highest BCUT2D eigenvalue weighted by Gasteiger charge is 2.20. The lowest BCUT2D eigenvalue weighted by molar-refractivity contribution is 1.16. The van der Waals surface area contributed by atoms with Crippen LogP contribution in [0.5, 0.6) is 0 Å². The van der Waals surface area contributed by atoms with Gasteiger partial charge in [-0.3, -0.25) is 0 Å². The van der Waals surface area contributed by atoms with Crippen molar-refractivity contribution in [2.24, 2.45) is 0 Å². The van der Waals surface area contributed by atoms with Crippen LogP contribution in [-0.2, 0) is 0 Å². The zero-order valence-electron chi connectivity index (χ0n) is 37.5. The molecular formula is C63H38N6S. The van der Waals surface area contributed by atoms with Crippen LogP contribution in [0.4, 0.5) is 0 Å². The summed E-state index contributed by atoms with van der Waals surface area (Å²) in [5.74, 6) is 1.36. The van der Waals surface area contributed by atoms with Gasteiger partial charge in [0.2, 0.25) is 0 Å². The summed E-state index contributed by atoms with van der Waals surface area (Å²) >= 11 is 1.65. The Morgan fingerprint density at radius 1 is 0.343 bits per heavy atom. The predicted molar refractivity (Wildman–Crippen MR) is 290 cm³/mol. The van der Waals surface area contributed by atoms with E-state index in [0.717, 1.165) is 82.1 Å². The van der Waals surface area contributed by atoms with Crippen molar-refractivity contribution in [3.8, 4) is 73.4 Å². The van der Waals surface area contributed by atoms with E-state index in [2.05, 4.69) is 193 Å². The lowest BCUT2D eigenvalue weighted by Gasteiger charge is -2.12. The molecule has 0 bridgehead atoms. The molecule has 0 amide bonds. The molecule has 0 fully saturated rings. The fourth-order valence-electron chi connectivity index (χ4n) is 9.98. The Hall–Kier alpha value is -9.17. The van der Waals surface area contributed by atoms with Crippen LogP contribution in [0.15, 0.2) is 231 Å². The monoisotopic (exact) mass is 910 g/mol. The van der Waals surface area contributed by atoms with Gasteiger partial charge in [-0.1, -0.05) is 170 Å². The summed E-state index contributed by atoms with van der Waals surface area (Å²) in [6.07, 6.45) is 1.97. The van der Waals surface area contributed by atoms with Crippen LogP contribution in [0.3, 0.4) is 0 Å². The zero-order valence-corrected chi connectivity index (χ0v) is 38.3. The number of nitrogens with zero attached hydrogens (tertiary/aromatic N) is 6. The number of thiophene rings is 1. The molecule has 5 aromatic heterocycles. The van der Waals surface area contributed by atoms with Gasteiger partial charge in [0.25, 0.3) is 0 Å². The molecule has 14 rings (SSSR count). The van der Waals surface area contributed by atoms with Gasteiger partial charge < -0.3 is 4.57 Å². The van der Waals surface area contributed by atoms with E-state index in [9.17, 15) is 0 Å². The summed E-state index contributed by atoms with van der Waals surface area (Å²) < 4.78 is 3.36. The Morgan fingerprint density at radius 3 is 1.63 bits per heavy atom. The molecule has 0 N–H and O–H groups in total. The Bertz CT molecular complexity index is 4300. The van der Waals surface area contributed by atoms with Gasteiger partial charge in [0.05, 0.1) is 38.3 Å². The molecule has 326 valence electrons. The number of hydrogen-bond acceptors (Lipinski definition) is 6. The highest BCUT2D eigenvalue weighted by Crippen LogP contribution is 2.42. The van der Waals surface area contributed by atoms with Crippen LogP contribution in [0.25, 0.3) is 137 Å². The van der Waals surface area contributed by atoms with E-state index in [4.69, 9.17) is 24.9 Å². The maximum Gasteiger partial charge on any atom is 0.160 e. The summed E-state index contributed by atoms with van der Waals surface area (Å²) in [5.41, 5.74) is 13.9. The molecule has 7 heteroatoms. The van der Waals surface area contributed by atoms with Crippen molar-refractivity contribution < 1.29 is 0 Å². The van der Waals surface area contributed by atoms with E-state index in [1.54, 1.807) is 11.3 Å². The lowest BCUT2D eigenvalue weighted by atomic mass is 10.00. The first kappa shape index (κ1) is 39.9. The molecule has 0 aliphatic rings. The van der Waals surface area contributed by atoms with Gasteiger partial charge in [-0.2, -0.15) is 0 Å². The first-order chi connectivity index (χ1) is 34.6. The molecular weight excluding hydrogens is 873 g/mol. The van der Waals surface area contributed by atoms with Gasteiger partial charge in [0.1, 0.15) is 4.83 Å². The van der Waals surface area contributed by atoms with Crippen molar-refractivity contribution >= 4 is 75.1 Å². The highest BCUT2D eigenvalue weighted by molar-refractivity contribution is 7.25. The van der Waals surface area contributed by atoms with Gasteiger partial charge in [-0.05, 0) is 81.7 Å². The third-order valence-corrected chi connectivity index (χ3v) is 14.5. The summed E-state index contributed by atoms with van der Waals surface area (Å²) in [5, 5.41) is 8.28. The number of benzene rings is 9. The van der Waals surface area contributed by atoms with Crippen molar-refractivity contribution in [1.29, 1.82) is 0 Å². The molecule has 0 aliphatic carbocycles. The minimum Gasteiger partial charge on any atom is -0.309 e. The first-order valence-electron chi connectivity index (χ1n) is 23.4. The second-order valence-corrected chi connectivity index (χ2v) is 18.7. The Kier molecular flexibility index (Phi) is 9.28. The average molecular weight is 911 g/mol. The largest absolute Gasteiger partial charge is 0.309 e. The summed E-state index contributed by atoms with van der Waals surface area (Å²) in [7, 11) is 0. The molecule has 9 aromatic carbocycles. The number of rotatable bonds is 7. The van der Waals surface area contributed by atoms with E-state index in [-0.39, 0.29) is 0 Å². The van der Waals surface area contributed by atoms with E-state index in [0.29, 0.717) is 11.6 Å². The van der Waals surface area contributed by atoms with Crippen molar-refractivity contribution in [2.45, 2.75) is 0 Å². The van der Waals surface area contributed by atoms with Crippen molar-refractivity contribution in [1.82, 2.24) is 29.5 Å². The predicted octanol–water partition coefficient (Wildman–Crippen LogP) is 16.4. The van der Waals surface area contributed by atoms with Crippen LogP contribution in [0, 0.1) is 0 Å². The van der Waals surface area contributed by atoms with Gasteiger partial charge in [-0.15, -0.1) is 11.3 Å². The number of pyridine rings is 1. The van der Waals surface area contributed by atoms with E-state index >= 15 is 0 Å². The van der Waals surface area contributed by atoms with Crippen molar-refractivity contribution in [3.63, 3.8) is 0 Å². The number of aromatic nitrogens is 6. The van der Waals surface area contributed by atoms with Crippen LogP contribution >= 0.6 is 11.3 Å². The molecule has 0 saturated heterocycles. The summed E-state index contributed by atoms with van der Waals surface area (Å²) in [6, 6.07) is 79.0. The topological polar surface area (TPSA) is 69.4 Å². The Balaban J connectivity index is 0.858. The molecule has 0 atom stereocenters. The van der Waals surface area contributed by atoms with Gasteiger partial charge in [0.15, 0.2) is 11.6 Å². The first-order valence-corrected chi connectivity index (χ1v) is 24.2. The zero-order chi connectivity index (χ0) is 46.1. The maximum absolute atomic E-state index is 5.27. The fourth-order valence-corrected chi connectivity index (χ4v) is 11.1. The fraction of sp³-hybridized carbons (Fsp3) is 0. The standard InChI is InChI=1S/C63H38N6S/c1-3-14-41(15-4-1)61-65-54(37-55(66-61)46-20-13-21-50(35-46)69-56-24-11-9-22-51(56)52-23-10-12-25-57(52)69)40-28-26-39(27-29-40)49-36-53-59-60(70-63(53)64-38-49)58(67-62(68-59)42-16-5-2-6-17-42)47-31-30-45-32-43-18-7-8-19-44(43)33-48(45)34-47/h1-38H. The quantitative estimate of drug-likeness (QED) is 0.149. The van der Waals surface area contributed by atoms with E-state index in [1.165, 1.54) is 43.4 Å². The van der Waals surface area contributed by atoms with Crippen molar-refractivity contribution in [3.05, 3.63) is 231 Å². The molecule has 0 radical (unpaired) electrons. The molecule has 0 unspecified atom stereocenters. The van der Waals surface area contributed by atoms with Crippen molar-refractivity contribution in [2.75, 3.05) is 0 Å². The third kappa shape index (κ3) is 6.82. The molecule has 14 aromatic rings. The second-order valence-electron chi connectivity index (χ2n) is 17.7. The highest BCUT2D eigenvalue weighted by atomic mass is 32.1.